The summed E-state index contributed by atoms with van der Waals surface area (Å²) >= 11 is 0. The summed E-state index contributed by atoms with van der Waals surface area (Å²) in [4.78, 5) is 14.7. The molecule has 112 valence electrons. The maximum atomic E-state index is 5.60. The Balaban J connectivity index is 1.67. The highest BCUT2D eigenvalue weighted by molar-refractivity contribution is 5.28. The third-order valence-corrected chi connectivity index (χ3v) is 3.29. The molecule has 0 aliphatic heterocycles. The second-order valence-corrected chi connectivity index (χ2v) is 4.90. The first-order chi connectivity index (χ1) is 10.3. The summed E-state index contributed by atoms with van der Waals surface area (Å²) in [6.45, 7) is 1.35. The van der Waals surface area contributed by atoms with Gasteiger partial charge in [-0.1, -0.05) is 0 Å². The summed E-state index contributed by atoms with van der Waals surface area (Å²) in [7, 11) is 2.09. The van der Waals surface area contributed by atoms with E-state index in [0.717, 1.165) is 6.54 Å². The molecular formula is C12H18N8O. The van der Waals surface area contributed by atoms with Crippen LogP contribution in [0.25, 0.3) is 5.95 Å². The van der Waals surface area contributed by atoms with Crippen molar-refractivity contribution in [2.75, 3.05) is 25.6 Å². The highest BCUT2D eigenvalue weighted by Crippen LogP contribution is 2.24. The standard InChI is InChI=1S/C12H18N8O/c1-19(9-3-4-9)7-8-21-12-16-10(18-13)15-11(17-12)20-6-2-5-14-20/h2,5-6,9H,3-4,7-8,13H2,1H3,(H,15,16,17,18). The van der Waals surface area contributed by atoms with Crippen molar-refractivity contribution in [3.05, 3.63) is 18.5 Å². The predicted molar refractivity (Wildman–Crippen MR) is 75.9 cm³/mol. The number of likely N-dealkylation sites (N-methyl/N-ethyl adjacent to an activating group) is 1. The molecule has 0 atom stereocenters. The van der Waals surface area contributed by atoms with Crippen molar-refractivity contribution < 1.29 is 4.74 Å². The Morgan fingerprint density at radius 3 is 2.95 bits per heavy atom. The van der Waals surface area contributed by atoms with Gasteiger partial charge < -0.3 is 9.64 Å². The monoisotopic (exact) mass is 290 g/mol. The first-order valence-corrected chi connectivity index (χ1v) is 6.82. The Kier molecular flexibility index (Phi) is 3.93. The maximum Gasteiger partial charge on any atom is 0.323 e. The number of hydrogen-bond acceptors (Lipinski definition) is 8. The molecule has 0 amide bonds. The Hall–Kier alpha value is -2.26. The van der Waals surface area contributed by atoms with Crippen molar-refractivity contribution in [2.24, 2.45) is 5.84 Å². The van der Waals surface area contributed by atoms with E-state index in [9.17, 15) is 0 Å². The topological polar surface area (TPSA) is 107 Å². The molecule has 1 aliphatic carbocycles. The number of rotatable bonds is 7. The molecule has 9 nitrogen and oxygen atoms in total. The lowest BCUT2D eigenvalue weighted by Crippen LogP contribution is -2.26. The van der Waals surface area contributed by atoms with Gasteiger partial charge in [0.25, 0.3) is 5.95 Å². The molecule has 2 heterocycles. The van der Waals surface area contributed by atoms with E-state index in [1.807, 2.05) is 0 Å². The Morgan fingerprint density at radius 2 is 2.29 bits per heavy atom. The average Bonchev–Trinajstić information content (AvgIpc) is 3.21. The van der Waals surface area contributed by atoms with Crippen LogP contribution in [0.15, 0.2) is 18.5 Å². The van der Waals surface area contributed by atoms with Crippen molar-refractivity contribution in [3.8, 4) is 12.0 Å². The third-order valence-electron chi connectivity index (χ3n) is 3.29. The number of nitrogens with one attached hydrogen (secondary N) is 1. The van der Waals surface area contributed by atoms with E-state index in [2.05, 4.69) is 37.4 Å². The first kappa shape index (κ1) is 13.7. The van der Waals surface area contributed by atoms with Gasteiger partial charge in [-0.25, -0.2) is 10.5 Å². The van der Waals surface area contributed by atoms with Gasteiger partial charge >= 0.3 is 6.01 Å². The number of nitrogens with zero attached hydrogens (tertiary/aromatic N) is 6. The fourth-order valence-corrected chi connectivity index (χ4v) is 1.94. The molecule has 3 N–H and O–H groups in total. The van der Waals surface area contributed by atoms with Gasteiger partial charge in [0.1, 0.15) is 6.61 Å². The van der Waals surface area contributed by atoms with Gasteiger partial charge in [0.15, 0.2) is 0 Å². The molecule has 0 bridgehead atoms. The number of aromatic nitrogens is 5. The van der Waals surface area contributed by atoms with Crippen LogP contribution in [-0.4, -0.2) is 55.9 Å². The molecule has 0 spiro atoms. The molecule has 1 saturated carbocycles. The third kappa shape index (κ3) is 3.44. The van der Waals surface area contributed by atoms with E-state index in [4.69, 9.17) is 10.6 Å². The van der Waals surface area contributed by atoms with Gasteiger partial charge in [-0.15, -0.1) is 0 Å². The van der Waals surface area contributed by atoms with Crippen molar-refractivity contribution in [1.29, 1.82) is 0 Å². The molecule has 0 aromatic carbocycles. The summed E-state index contributed by atoms with van der Waals surface area (Å²) in [5.74, 6) is 5.96. The largest absolute Gasteiger partial charge is 0.462 e. The van der Waals surface area contributed by atoms with E-state index in [1.165, 1.54) is 17.5 Å². The van der Waals surface area contributed by atoms with Crippen molar-refractivity contribution in [3.63, 3.8) is 0 Å². The van der Waals surface area contributed by atoms with Crippen LogP contribution in [0.4, 0.5) is 5.95 Å². The minimum absolute atomic E-state index is 0.229. The van der Waals surface area contributed by atoms with Gasteiger partial charge in [0, 0.05) is 25.0 Å². The van der Waals surface area contributed by atoms with Crippen LogP contribution >= 0.6 is 0 Å². The second-order valence-electron chi connectivity index (χ2n) is 4.90. The van der Waals surface area contributed by atoms with Gasteiger partial charge in [-0.05, 0) is 26.0 Å². The van der Waals surface area contributed by atoms with Crippen molar-refractivity contribution in [1.82, 2.24) is 29.6 Å². The van der Waals surface area contributed by atoms with Crippen molar-refractivity contribution >= 4 is 5.95 Å². The molecule has 0 saturated heterocycles. The van der Waals surface area contributed by atoms with Crippen LogP contribution in [0.5, 0.6) is 6.01 Å². The maximum absolute atomic E-state index is 5.60. The SMILES string of the molecule is CN(CCOc1nc(NN)nc(-n2cccn2)n1)C1CC1. The zero-order valence-electron chi connectivity index (χ0n) is 11.8. The number of hydrazine groups is 1. The molecule has 1 fully saturated rings. The highest BCUT2D eigenvalue weighted by atomic mass is 16.5. The average molecular weight is 290 g/mol. The van der Waals surface area contributed by atoms with Crippen LogP contribution in [-0.2, 0) is 0 Å². The summed E-state index contributed by atoms with van der Waals surface area (Å²) in [5, 5.41) is 4.07. The fraction of sp³-hybridized carbons (Fsp3) is 0.500. The van der Waals surface area contributed by atoms with Crippen LogP contribution in [0, 0.1) is 0 Å². The van der Waals surface area contributed by atoms with Crippen LogP contribution in [0.2, 0.25) is 0 Å². The molecule has 0 radical (unpaired) electrons. The highest BCUT2D eigenvalue weighted by Gasteiger charge is 2.25. The molecule has 0 unspecified atom stereocenters. The van der Waals surface area contributed by atoms with Gasteiger partial charge in [0.05, 0.1) is 0 Å². The minimum Gasteiger partial charge on any atom is -0.462 e. The summed E-state index contributed by atoms with van der Waals surface area (Å²) in [5.41, 5.74) is 2.40. The lowest BCUT2D eigenvalue weighted by atomic mass is 10.5. The summed E-state index contributed by atoms with van der Waals surface area (Å²) in [6, 6.07) is 2.71. The number of anilines is 1. The Bertz CT molecular complexity index is 583. The zero-order valence-corrected chi connectivity index (χ0v) is 11.8. The van der Waals surface area contributed by atoms with Gasteiger partial charge in [-0.2, -0.15) is 20.1 Å². The van der Waals surface area contributed by atoms with Crippen LogP contribution in [0.3, 0.4) is 0 Å². The van der Waals surface area contributed by atoms with Gasteiger partial charge in [0.2, 0.25) is 5.95 Å². The van der Waals surface area contributed by atoms with E-state index in [-0.39, 0.29) is 12.0 Å². The molecule has 9 heteroatoms. The number of hydrogen-bond donors (Lipinski definition) is 2. The lowest BCUT2D eigenvalue weighted by molar-refractivity contribution is 0.220. The number of nitrogen functional groups attached to an aromatic ring is 1. The van der Waals surface area contributed by atoms with Crippen molar-refractivity contribution in [2.45, 2.75) is 18.9 Å². The Labute approximate surface area is 122 Å². The smallest absolute Gasteiger partial charge is 0.323 e. The van der Waals surface area contributed by atoms with E-state index < -0.39 is 0 Å². The normalized spacial score (nSPS) is 14.4. The molecule has 1 aliphatic rings. The second kappa shape index (κ2) is 6.02. The number of ether oxygens (including phenoxy) is 1. The van der Waals surface area contributed by atoms with E-state index >= 15 is 0 Å². The zero-order chi connectivity index (χ0) is 14.7. The first-order valence-electron chi connectivity index (χ1n) is 6.82. The summed E-state index contributed by atoms with van der Waals surface area (Å²) in [6.07, 6.45) is 5.92. The minimum atomic E-state index is 0.229. The molecular weight excluding hydrogens is 272 g/mol. The molecule has 2 aromatic rings. The lowest BCUT2D eigenvalue weighted by Gasteiger charge is -2.15. The molecule has 3 rings (SSSR count). The van der Waals surface area contributed by atoms with E-state index in [1.54, 1.807) is 18.5 Å². The van der Waals surface area contributed by atoms with Crippen LogP contribution < -0.4 is 16.0 Å². The van der Waals surface area contributed by atoms with Gasteiger partial charge in [-0.3, -0.25) is 5.43 Å². The predicted octanol–water partition coefficient (Wildman–Crippen LogP) is -0.184. The fourth-order valence-electron chi connectivity index (χ4n) is 1.94. The quantitative estimate of drug-likeness (QED) is 0.534. The van der Waals surface area contributed by atoms with E-state index in [0.29, 0.717) is 18.6 Å². The Morgan fingerprint density at radius 1 is 1.43 bits per heavy atom. The molecule has 2 aromatic heterocycles. The van der Waals surface area contributed by atoms with Crippen LogP contribution in [0.1, 0.15) is 12.8 Å². The molecule has 21 heavy (non-hydrogen) atoms. The number of nitrogens with two attached hydrogens (primary N) is 1. The summed E-state index contributed by atoms with van der Waals surface area (Å²) < 4.78 is 7.11.